The molecule has 0 aliphatic carbocycles. The lowest BCUT2D eigenvalue weighted by Gasteiger charge is -2.10. The average Bonchev–Trinajstić information content (AvgIpc) is 2.39. The highest BCUT2D eigenvalue weighted by atomic mass is 32.2. The van der Waals surface area contributed by atoms with E-state index in [1.807, 2.05) is 25.1 Å². The number of carbonyl (C=O) groups excluding carboxylic acids is 1. The molecule has 0 spiro atoms. The van der Waals surface area contributed by atoms with Crippen LogP contribution >= 0.6 is 0 Å². The van der Waals surface area contributed by atoms with Gasteiger partial charge in [-0.05, 0) is 37.1 Å². The van der Waals surface area contributed by atoms with Crippen LogP contribution in [0.25, 0.3) is 0 Å². The molecule has 0 fully saturated rings. The predicted octanol–water partition coefficient (Wildman–Crippen LogP) is 1.07. The van der Waals surface area contributed by atoms with Crippen molar-refractivity contribution in [2.24, 2.45) is 5.73 Å². The van der Waals surface area contributed by atoms with Crippen LogP contribution in [0.1, 0.15) is 29.3 Å². The third-order valence-corrected chi connectivity index (χ3v) is 4.39. The van der Waals surface area contributed by atoms with Gasteiger partial charge in [-0.3, -0.25) is 9.00 Å². The molecule has 19 heavy (non-hydrogen) atoms. The Balaban J connectivity index is 2.49. The molecule has 0 saturated carbocycles. The van der Waals surface area contributed by atoms with E-state index in [0.29, 0.717) is 18.7 Å². The van der Waals surface area contributed by atoms with Gasteiger partial charge in [-0.2, -0.15) is 0 Å². The molecule has 0 aliphatic heterocycles. The molecule has 2 unspecified atom stereocenters. The van der Waals surface area contributed by atoms with Gasteiger partial charge in [0.25, 0.3) is 5.91 Å². The van der Waals surface area contributed by atoms with Gasteiger partial charge in [-0.25, -0.2) is 0 Å². The van der Waals surface area contributed by atoms with Gasteiger partial charge in [0.15, 0.2) is 0 Å². The van der Waals surface area contributed by atoms with Gasteiger partial charge in [0.1, 0.15) is 0 Å². The summed E-state index contributed by atoms with van der Waals surface area (Å²) in [5.41, 5.74) is 7.22. The fourth-order valence-corrected chi connectivity index (χ4v) is 2.14. The zero-order valence-corrected chi connectivity index (χ0v) is 12.3. The van der Waals surface area contributed by atoms with Crippen LogP contribution in [0.3, 0.4) is 0 Å². The van der Waals surface area contributed by atoms with E-state index < -0.39 is 10.8 Å². The van der Waals surface area contributed by atoms with Crippen molar-refractivity contribution in [2.45, 2.75) is 25.0 Å². The van der Waals surface area contributed by atoms with Gasteiger partial charge in [-0.1, -0.05) is 19.1 Å². The lowest BCUT2D eigenvalue weighted by Crippen LogP contribution is -2.27. The minimum atomic E-state index is -0.841. The fourth-order valence-electron chi connectivity index (χ4n) is 1.69. The van der Waals surface area contributed by atoms with Gasteiger partial charge in [-0.15, -0.1) is 0 Å². The Bertz CT molecular complexity index is 449. The standard InChI is InChI=1S/C14H22N2O2S/c1-11(19(2)18)7-9-16-14(17)13-5-3-4-12(10-13)6-8-15/h3-5,10-11H,6-9,15H2,1-2H3,(H,16,17). The number of hydrogen-bond acceptors (Lipinski definition) is 3. The quantitative estimate of drug-likeness (QED) is 0.786. The molecule has 3 N–H and O–H groups in total. The fraction of sp³-hybridized carbons (Fsp3) is 0.500. The highest BCUT2D eigenvalue weighted by molar-refractivity contribution is 7.84. The number of nitrogens with two attached hydrogens (primary N) is 1. The SMILES string of the molecule is CC(CCNC(=O)c1cccc(CCN)c1)S(C)=O. The Kier molecular flexibility index (Phi) is 6.73. The van der Waals surface area contributed by atoms with Crippen molar-refractivity contribution < 1.29 is 9.00 Å². The first kappa shape index (κ1) is 15.9. The Morgan fingerprint density at radius 1 is 1.47 bits per heavy atom. The molecule has 1 aromatic rings. The lowest BCUT2D eigenvalue weighted by molar-refractivity contribution is 0.0953. The molecule has 0 heterocycles. The monoisotopic (exact) mass is 282 g/mol. The molecular weight excluding hydrogens is 260 g/mol. The van der Waals surface area contributed by atoms with Crippen LogP contribution in [0.4, 0.5) is 0 Å². The molecule has 0 aliphatic rings. The van der Waals surface area contributed by atoms with Crippen molar-refractivity contribution in [3.05, 3.63) is 35.4 Å². The van der Waals surface area contributed by atoms with Gasteiger partial charge >= 0.3 is 0 Å². The van der Waals surface area contributed by atoms with Crippen LogP contribution in [0, 0.1) is 0 Å². The second kappa shape index (κ2) is 8.07. The summed E-state index contributed by atoms with van der Waals surface area (Å²) < 4.78 is 11.2. The van der Waals surface area contributed by atoms with Crippen molar-refractivity contribution in [2.75, 3.05) is 19.3 Å². The summed E-state index contributed by atoms with van der Waals surface area (Å²) in [4.78, 5) is 11.9. The minimum absolute atomic E-state index is 0.0899. The van der Waals surface area contributed by atoms with Gasteiger partial charge < -0.3 is 11.1 Å². The van der Waals surface area contributed by atoms with Gasteiger partial charge in [0.05, 0.1) is 0 Å². The molecule has 0 saturated heterocycles. The van der Waals surface area contributed by atoms with E-state index in [1.165, 1.54) is 0 Å². The maximum atomic E-state index is 11.9. The minimum Gasteiger partial charge on any atom is -0.352 e. The largest absolute Gasteiger partial charge is 0.352 e. The second-order valence-corrected chi connectivity index (χ2v) is 6.39. The molecule has 4 nitrogen and oxygen atoms in total. The van der Waals surface area contributed by atoms with Crippen LogP contribution in [-0.2, 0) is 17.2 Å². The molecule has 106 valence electrons. The highest BCUT2D eigenvalue weighted by Gasteiger charge is 2.09. The van der Waals surface area contributed by atoms with Crippen LogP contribution in [0.2, 0.25) is 0 Å². The lowest BCUT2D eigenvalue weighted by atomic mass is 10.1. The smallest absolute Gasteiger partial charge is 0.251 e. The first-order chi connectivity index (χ1) is 9.04. The first-order valence-electron chi connectivity index (χ1n) is 6.44. The van der Waals surface area contributed by atoms with Crippen molar-refractivity contribution in [3.8, 4) is 0 Å². The Labute approximate surface area is 117 Å². The number of nitrogens with one attached hydrogen (secondary N) is 1. The van der Waals surface area contributed by atoms with E-state index in [1.54, 1.807) is 12.3 Å². The molecule has 1 amide bonds. The van der Waals surface area contributed by atoms with E-state index in [-0.39, 0.29) is 11.2 Å². The van der Waals surface area contributed by atoms with Crippen molar-refractivity contribution >= 4 is 16.7 Å². The number of carbonyl (C=O) groups is 1. The molecule has 0 bridgehead atoms. The molecule has 2 atom stereocenters. The Morgan fingerprint density at radius 2 is 2.21 bits per heavy atom. The molecular formula is C14H22N2O2S. The zero-order valence-electron chi connectivity index (χ0n) is 11.5. The zero-order chi connectivity index (χ0) is 14.3. The summed E-state index contributed by atoms with van der Waals surface area (Å²) in [6.45, 7) is 3.04. The number of benzene rings is 1. The van der Waals surface area contributed by atoms with Gasteiger partial charge in [0.2, 0.25) is 0 Å². The van der Waals surface area contributed by atoms with E-state index in [9.17, 15) is 9.00 Å². The van der Waals surface area contributed by atoms with Crippen molar-refractivity contribution in [1.29, 1.82) is 0 Å². The summed E-state index contributed by atoms with van der Waals surface area (Å²) >= 11 is 0. The van der Waals surface area contributed by atoms with Crippen molar-refractivity contribution in [1.82, 2.24) is 5.32 Å². The molecule has 0 radical (unpaired) electrons. The average molecular weight is 282 g/mol. The van der Waals surface area contributed by atoms with Crippen LogP contribution < -0.4 is 11.1 Å². The summed E-state index contributed by atoms with van der Waals surface area (Å²) in [7, 11) is -0.841. The van der Waals surface area contributed by atoms with Gasteiger partial charge in [0, 0.05) is 34.4 Å². The van der Waals surface area contributed by atoms with E-state index in [2.05, 4.69) is 5.32 Å². The van der Waals surface area contributed by atoms with Crippen molar-refractivity contribution in [3.63, 3.8) is 0 Å². The molecule has 1 rings (SSSR count). The maximum absolute atomic E-state index is 11.9. The van der Waals surface area contributed by atoms with Crippen LogP contribution in [0.15, 0.2) is 24.3 Å². The second-order valence-electron chi connectivity index (χ2n) is 4.59. The summed E-state index contributed by atoms with van der Waals surface area (Å²) in [5, 5.41) is 2.95. The molecule has 5 heteroatoms. The summed E-state index contributed by atoms with van der Waals surface area (Å²) in [6.07, 6.45) is 3.17. The predicted molar refractivity (Wildman–Crippen MR) is 79.7 cm³/mol. The highest BCUT2D eigenvalue weighted by Crippen LogP contribution is 2.06. The molecule has 1 aromatic carbocycles. The normalized spacial score (nSPS) is 13.8. The summed E-state index contributed by atoms with van der Waals surface area (Å²) in [6, 6.07) is 7.48. The van der Waals surface area contributed by atoms with E-state index >= 15 is 0 Å². The Morgan fingerprint density at radius 3 is 2.84 bits per heavy atom. The van der Waals surface area contributed by atoms with E-state index in [4.69, 9.17) is 5.73 Å². The third-order valence-electron chi connectivity index (χ3n) is 3.03. The molecule has 0 aromatic heterocycles. The topological polar surface area (TPSA) is 72.2 Å². The third kappa shape index (κ3) is 5.53. The maximum Gasteiger partial charge on any atom is 0.251 e. The number of hydrogen-bond donors (Lipinski definition) is 2. The number of amides is 1. The van der Waals surface area contributed by atoms with Crippen LogP contribution in [-0.4, -0.2) is 34.7 Å². The number of rotatable bonds is 7. The summed E-state index contributed by atoms with van der Waals surface area (Å²) in [5.74, 6) is -0.0899. The van der Waals surface area contributed by atoms with E-state index in [0.717, 1.165) is 18.4 Å². The van der Waals surface area contributed by atoms with Crippen LogP contribution in [0.5, 0.6) is 0 Å². The first-order valence-corrected chi connectivity index (χ1v) is 8.06. The Hall–Kier alpha value is -1.20.